The summed E-state index contributed by atoms with van der Waals surface area (Å²) >= 11 is 0. The second kappa shape index (κ2) is 13.4. The Morgan fingerprint density at radius 3 is 2.53 bits per heavy atom. The first kappa shape index (κ1) is 31.5. The molecule has 1 fully saturated rings. The van der Waals surface area contributed by atoms with Gasteiger partial charge in [0.15, 0.2) is 5.82 Å². The Labute approximate surface area is 258 Å². The molecule has 3 heterocycles. The third-order valence-electron chi connectivity index (χ3n) is 7.55. The standard InChI is InChI=1S/C32H33F3N8O2/c1-20-6-9-24(45-31-25(17-36)29(37-2)40-28(41-31)22-5-4-10-38-18-22)16-27(20)39-30(44)21-7-8-23(26(15-21)32(33,34)35)19-43-13-11-42(3)12-14-43/h4-10,15-18,36H,11-14,19H2,1-3H3,(H,39,44)(H,37,40,41). The van der Waals surface area contributed by atoms with E-state index in [9.17, 15) is 18.0 Å². The van der Waals surface area contributed by atoms with Crippen molar-refractivity contribution in [3.05, 3.63) is 88.7 Å². The van der Waals surface area contributed by atoms with Crippen LogP contribution in [-0.4, -0.2) is 77.1 Å². The highest BCUT2D eigenvalue weighted by atomic mass is 19.4. The van der Waals surface area contributed by atoms with Crippen LogP contribution in [0.2, 0.25) is 0 Å². The monoisotopic (exact) mass is 618 g/mol. The van der Waals surface area contributed by atoms with Crippen molar-refractivity contribution in [3.8, 4) is 23.0 Å². The third-order valence-corrected chi connectivity index (χ3v) is 7.55. The number of rotatable bonds is 9. The quantitative estimate of drug-likeness (QED) is 0.205. The first-order valence-corrected chi connectivity index (χ1v) is 14.3. The molecule has 13 heteroatoms. The average molecular weight is 619 g/mol. The maximum atomic E-state index is 14.1. The molecular formula is C32H33F3N8O2. The number of halogens is 3. The van der Waals surface area contributed by atoms with Crippen LogP contribution in [0.3, 0.4) is 0 Å². The minimum atomic E-state index is -4.62. The van der Waals surface area contributed by atoms with E-state index in [-0.39, 0.29) is 29.3 Å². The van der Waals surface area contributed by atoms with Crippen molar-refractivity contribution in [2.75, 3.05) is 50.9 Å². The topological polar surface area (TPSA) is 119 Å². The van der Waals surface area contributed by atoms with Crippen LogP contribution in [-0.2, 0) is 12.7 Å². The van der Waals surface area contributed by atoms with Crippen molar-refractivity contribution in [1.29, 1.82) is 5.41 Å². The molecule has 5 rings (SSSR count). The van der Waals surface area contributed by atoms with Gasteiger partial charge >= 0.3 is 6.18 Å². The number of aryl methyl sites for hydroxylation is 1. The van der Waals surface area contributed by atoms with Gasteiger partial charge in [-0.25, -0.2) is 4.98 Å². The maximum absolute atomic E-state index is 14.1. The summed E-state index contributed by atoms with van der Waals surface area (Å²) in [5.74, 6) is 0.382. The van der Waals surface area contributed by atoms with E-state index >= 15 is 0 Å². The molecule has 4 aromatic rings. The lowest BCUT2D eigenvalue weighted by Crippen LogP contribution is -2.44. The summed E-state index contributed by atoms with van der Waals surface area (Å²) in [5, 5.41) is 13.6. The predicted octanol–water partition coefficient (Wildman–Crippen LogP) is 5.70. The molecule has 0 aliphatic carbocycles. The zero-order valence-corrected chi connectivity index (χ0v) is 25.1. The van der Waals surface area contributed by atoms with Crippen LogP contribution in [0.15, 0.2) is 60.9 Å². The fourth-order valence-corrected chi connectivity index (χ4v) is 4.94. The minimum absolute atomic E-state index is 0.0927. The van der Waals surface area contributed by atoms with E-state index in [0.29, 0.717) is 47.1 Å². The van der Waals surface area contributed by atoms with Gasteiger partial charge in [0.2, 0.25) is 5.88 Å². The molecular weight excluding hydrogens is 585 g/mol. The molecule has 1 saturated heterocycles. The largest absolute Gasteiger partial charge is 0.438 e. The predicted molar refractivity (Wildman–Crippen MR) is 166 cm³/mol. The Balaban J connectivity index is 1.39. The van der Waals surface area contributed by atoms with Gasteiger partial charge < -0.3 is 25.7 Å². The Hall–Kier alpha value is -4.88. The van der Waals surface area contributed by atoms with Crippen LogP contribution in [0.5, 0.6) is 11.6 Å². The van der Waals surface area contributed by atoms with Crippen LogP contribution in [0, 0.1) is 12.3 Å². The van der Waals surface area contributed by atoms with Crippen molar-refractivity contribution in [1.82, 2.24) is 24.8 Å². The first-order valence-electron chi connectivity index (χ1n) is 14.3. The van der Waals surface area contributed by atoms with Crippen molar-refractivity contribution < 1.29 is 22.7 Å². The molecule has 2 aromatic carbocycles. The molecule has 2 aromatic heterocycles. The Bertz CT molecular complexity index is 1690. The molecule has 45 heavy (non-hydrogen) atoms. The average Bonchev–Trinajstić information content (AvgIpc) is 3.03. The molecule has 0 spiro atoms. The van der Waals surface area contributed by atoms with Gasteiger partial charge in [0.05, 0.1) is 11.1 Å². The van der Waals surface area contributed by atoms with E-state index in [1.54, 1.807) is 56.7 Å². The molecule has 1 aliphatic rings. The van der Waals surface area contributed by atoms with Crippen molar-refractivity contribution in [2.45, 2.75) is 19.6 Å². The van der Waals surface area contributed by atoms with Crippen LogP contribution in [0.4, 0.5) is 24.7 Å². The number of benzene rings is 2. The summed E-state index contributed by atoms with van der Waals surface area (Å²) in [6.45, 7) is 4.82. The summed E-state index contributed by atoms with van der Waals surface area (Å²) in [4.78, 5) is 30.4. The van der Waals surface area contributed by atoms with Crippen LogP contribution >= 0.6 is 0 Å². The van der Waals surface area contributed by atoms with Gasteiger partial charge in [0.1, 0.15) is 11.6 Å². The molecule has 0 unspecified atom stereocenters. The molecule has 0 atom stereocenters. The van der Waals surface area contributed by atoms with E-state index in [4.69, 9.17) is 10.1 Å². The fourth-order valence-electron chi connectivity index (χ4n) is 4.94. The summed E-state index contributed by atoms with van der Waals surface area (Å²) in [5.41, 5.74) is 1.15. The van der Waals surface area contributed by atoms with Gasteiger partial charge in [-0.05, 0) is 55.4 Å². The van der Waals surface area contributed by atoms with Crippen molar-refractivity contribution in [2.24, 2.45) is 0 Å². The number of carbonyl (C=O) groups excluding carboxylic acids is 1. The van der Waals surface area contributed by atoms with Gasteiger partial charge in [-0.3, -0.25) is 14.7 Å². The highest BCUT2D eigenvalue weighted by Crippen LogP contribution is 2.35. The lowest BCUT2D eigenvalue weighted by Gasteiger charge is -2.33. The molecule has 1 aliphatic heterocycles. The van der Waals surface area contributed by atoms with E-state index in [1.165, 1.54) is 12.1 Å². The second-order valence-corrected chi connectivity index (χ2v) is 10.7. The number of nitrogens with one attached hydrogen (secondary N) is 3. The number of hydrogen-bond donors (Lipinski definition) is 3. The number of alkyl halides is 3. The summed E-state index contributed by atoms with van der Waals surface area (Å²) in [6, 6.07) is 12.2. The molecule has 3 N–H and O–H groups in total. The summed E-state index contributed by atoms with van der Waals surface area (Å²) in [7, 11) is 3.65. The van der Waals surface area contributed by atoms with Crippen LogP contribution in [0.1, 0.15) is 32.6 Å². The number of pyridine rings is 1. The normalized spacial score (nSPS) is 14.2. The van der Waals surface area contributed by atoms with Crippen molar-refractivity contribution >= 4 is 23.6 Å². The number of aromatic nitrogens is 3. The van der Waals surface area contributed by atoms with Crippen molar-refractivity contribution in [3.63, 3.8) is 0 Å². The summed E-state index contributed by atoms with van der Waals surface area (Å²) < 4.78 is 48.4. The Kier molecular flexibility index (Phi) is 9.40. The van der Waals surface area contributed by atoms with E-state index in [2.05, 4.69) is 30.5 Å². The minimum Gasteiger partial charge on any atom is -0.438 e. The number of ether oxygens (including phenoxy) is 1. The Morgan fingerprint density at radius 2 is 1.87 bits per heavy atom. The van der Waals surface area contributed by atoms with E-state index in [0.717, 1.165) is 25.4 Å². The lowest BCUT2D eigenvalue weighted by atomic mass is 10.0. The number of amides is 1. The first-order chi connectivity index (χ1) is 21.5. The number of nitrogens with zero attached hydrogens (tertiary/aromatic N) is 5. The zero-order valence-electron chi connectivity index (χ0n) is 25.1. The number of hydrogen-bond acceptors (Lipinski definition) is 9. The Morgan fingerprint density at radius 1 is 1.09 bits per heavy atom. The van der Waals surface area contributed by atoms with Crippen LogP contribution < -0.4 is 15.4 Å². The van der Waals surface area contributed by atoms with Gasteiger partial charge in [-0.15, -0.1) is 0 Å². The van der Waals surface area contributed by atoms with Crippen LogP contribution in [0.25, 0.3) is 11.4 Å². The SMILES string of the molecule is CNc1nc(-c2cccnc2)nc(Oc2ccc(C)c(NC(=O)c3ccc(CN4CCN(C)CC4)c(C(F)(F)F)c3)c2)c1C=N. The maximum Gasteiger partial charge on any atom is 0.416 e. The number of piperazine rings is 1. The highest BCUT2D eigenvalue weighted by molar-refractivity contribution is 6.05. The van der Waals surface area contributed by atoms with E-state index in [1.807, 2.05) is 11.9 Å². The van der Waals surface area contributed by atoms with Gasteiger partial charge in [0, 0.05) is 81.3 Å². The molecule has 234 valence electrons. The number of likely N-dealkylation sites (N-methyl/N-ethyl adjacent to an activating group) is 1. The number of carbonyl (C=O) groups is 1. The highest BCUT2D eigenvalue weighted by Gasteiger charge is 2.34. The van der Waals surface area contributed by atoms with E-state index < -0.39 is 17.6 Å². The molecule has 0 radical (unpaired) electrons. The molecule has 0 saturated carbocycles. The van der Waals surface area contributed by atoms with Gasteiger partial charge in [-0.1, -0.05) is 12.1 Å². The number of anilines is 2. The van der Waals surface area contributed by atoms with Gasteiger partial charge in [-0.2, -0.15) is 18.2 Å². The molecule has 10 nitrogen and oxygen atoms in total. The summed E-state index contributed by atoms with van der Waals surface area (Å²) in [6.07, 6.45) is -0.324. The second-order valence-electron chi connectivity index (χ2n) is 10.7. The molecule has 1 amide bonds. The zero-order chi connectivity index (χ0) is 32.1. The third kappa shape index (κ3) is 7.44. The lowest BCUT2D eigenvalue weighted by molar-refractivity contribution is -0.138. The van der Waals surface area contributed by atoms with Gasteiger partial charge in [0.25, 0.3) is 5.91 Å². The fraction of sp³-hybridized carbons (Fsp3) is 0.281. The molecule has 0 bridgehead atoms. The smallest absolute Gasteiger partial charge is 0.416 e.